The molecular formula is C6H8F2N2O3. The number of alkyl halides is 2. The fraction of sp³-hybridized carbons (Fsp3) is 0.667. The van der Waals surface area contributed by atoms with Crippen molar-refractivity contribution in [2.24, 2.45) is 5.73 Å². The third kappa shape index (κ3) is 1.46. The number of primary amides is 1. The van der Waals surface area contributed by atoms with Crippen molar-refractivity contribution in [3.63, 3.8) is 0 Å². The molecule has 0 aromatic heterocycles. The Morgan fingerprint density at radius 2 is 2.00 bits per heavy atom. The normalized spacial score (nSPS) is 31.5. The first-order chi connectivity index (χ1) is 5.80. The molecule has 13 heavy (non-hydrogen) atoms. The number of hydrogen-bond acceptors (Lipinski definition) is 3. The first-order valence-corrected chi connectivity index (χ1v) is 3.46. The molecule has 1 fully saturated rings. The van der Waals surface area contributed by atoms with E-state index in [4.69, 9.17) is 10.8 Å². The fourth-order valence-electron chi connectivity index (χ4n) is 1.22. The standard InChI is InChI=1S/C6H8F2N2O3/c7-5(8)1-6(3(9)11,4(12)13)10-2-5/h10H,1-2H2,(H2,9,11)(H,12,13)/t6-/m0/s1. The average Bonchev–Trinajstić information content (AvgIpc) is 2.27. The third-order valence-electron chi connectivity index (χ3n) is 1.96. The molecule has 0 spiro atoms. The number of carboxylic acid groups (broad SMARTS) is 1. The molecule has 5 nitrogen and oxygen atoms in total. The molecule has 0 aliphatic carbocycles. The molecule has 4 N–H and O–H groups in total. The van der Waals surface area contributed by atoms with E-state index in [0.717, 1.165) is 0 Å². The van der Waals surface area contributed by atoms with Crippen LogP contribution in [0.1, 0.15) is 6.42 Å². The quantitative estimate of drug-likeness (QED) is 0.488. The SMILES string of the molecule is NC(=O)[C@]1(C(=O)O)CC(F)(F)CN1. The summed E-state index contributed by atoms with van der Waals surface area (Å²) in [6.07, 6.45) is -1.09. The fourth-order valence-corrected chi connectivity index (χ4v) is 1.22. The lowest BCUT2D eigenvalue weighted by Crippen LogP contribution is -2.57. The number of rotatable bonds is 2. The van der Waals surface area contributed by atoms with E-state index in [1.165, 1.54) is 0 Å². The van der Waals surface area contributed by atoms with Crippen molar-refractivity contribution in [3.8, 4) is 0 Å². The molecule has 7 heteroatoms. The summed E-state index contributed by atoms with van der Waals surface area (Å²) >= 11 is 0. The predicted octanol–water partition coefficient (Wildman–Crippen LogP) is -1.08. The molecule has 1 rings (SSSR count). The summed E-state index contributed by atoms with van der Waals surface area (Å²) < 4.78 is 25.3. The van der Waals surface area contributed by atoms with Gasteiger partial charge in [0.1, 0.15) is 0 Å². The second-order valence-electron chi connectivity index (χ2n) is 2.96. The zero-order chi connectivity index (χ0) is 10.3. The molecule has 1 amide bonds. The van der Waals surface area contributed by atoms with Crippen LogP contribution in [-0.4, -0.2) is 35.0 Å². The summed E-state index contributed by atoms with van der Waals surface area (Å²) in [6, 6.07) is 0. The molecule has 1 heterocycles. The number of halogens is 2. The van der Waals surface area contributed by atoms with Gasteiger partial charge in [-0.2, -0.15) is 0 Å². The van der Waals surface area contributed by atoms with Gasteiger partial charge in [0, 0.05) is 0 Å². The molecule has 0 unspecified atom stereocenters. The zero-order valence-corrected chi connectivity index (χ0v) is 6.51. The second kappa shape index (κ2) is 2.63. The molecule has 0 aromatic carbocycles. The van der Waals surface area contributed by atoms with E-state index < -0.39 is 36.3 Å². The Morgan fingerprint density at radius 1 is 1.46 bits per heavy atom. The van der Waals surface area contributed by atoms with Crippen LogP contribution in [-0.2, 0) is 9.59 Å². The highest BCUT2D eigenvalue weighted by Crippen LogP contribution is 2.32. The van der Waals surface area contributed by atoms with E-state index in [1.807, 2.05) is 5.32 Å². The molecule has 0 bridgehead atoms. The Balaban J connectivity index is 2.98. The summed E-state index contributed by atoms with van der Waals surface area (Å²) in [5.74, 6) is -6.16. The summed E-state index contributed by atoms with van der Waals surface area (Å²) in [4.78, 5) is 21.3. The van der Waals surface area contributed by atoms with Crippen LogP contribution in [0, 0.1) is 0 Å². The highest BCUT2D eigenvalue weighted by atomic mass is 19.3. The van der Waals surface area contributed by atoms with Crippen molar-refractivity contribution in [2.75, 3.05) is 6.54 Å². The lowest BCUT2D eigenvalue weighted by atomic mass is 9.96. The van der Waals surface area contributed by atoms with Crippen LogP contribution in [0.5, 0.6) is 0 Å². The monoisotopic (exact) mass is 194 g/mol. The van der Waals surface area contributed by atoms with Crippen LogP contribution in [0.3, 0.4) is 0 Å². The number of nitrogens with two attached hydrogens (primary N) is 1. The van der Waals surface area contributed by atoms with Crippen molar-refractivity contribution in [3.05, 3.63) is 0 Å². The Kier molecular flexibility index (Phi) is 1.99. The van der Waals surface area contributed by atoms with E-state index in [1.54, 1.807) is 0 Å². The molecule has 0 saturated carbocycles. The first-order valence-electron chi connectivity index (χ1n) is 3.46. The number of amides is 1. The van der Waals surface area contributed by atoms with E-state index in [-0.39, 0.29) is 0 Å². The van der Waals surface area contributed by atoms with Gasteiger partial charge in [0.25, 0.3) is 5.92 Å². The van der Waals surface area contributed by atoms with Crippen LogP contribution in [0.15, 0.2) is 0 Å². The first kappa shape index (κ1) is 9.85. The van der Waals surface area contributed by atoms with Gasteiger partial charge in [-0.15, -0.1) is 0 Å². The van der Waals surface area contributed by atoms with Gasteiger partial charge in [0.2, 0.25) is 11.4 Å². The van der Waals surface area contributed by atoms with Gasteiger partial charge >= 0.3 is 5.97 Å². The highest BCUT2D eigenvalue weighted by molar-refractivity contribution is 6.06. The summed E-state index contributed by atoms with van der Waals surface area (Å²) in [5, 5.41) is 10.5. The maximum atomic E-state index is 12.6. The van der Waals surface area contributed by atoms with Gasteiger partial charge in [0.15, 0.2) is 0 Å². The Labute approximate surface area is 71.9 Å². The van der Waals surface area contributed by atoms with E-state index in [2.05, 4.69) is 0 Å². The van der Waals surface area contributed by atoms with Gasteiger partial charge in [-0.05, 0) is 0 Å². The minimum absolute atomic E-state index is 0.845. The van der Waals surface area contributed by atoms with Gasteiger partial charge < -0.3 is 10.8 Å². The van der Waals surface area contributed by atoms with Crippen molar-refractivity contribution in [2.45, 2.75) is 17.9 Å². The zero-order valence-electron chi connectivity index (χ0n) is 6.51. The average molecular weight is 194 g/mol. The van der Waals surface area contributed by atoms with Gasteiger partial charge in [-0.25, -0.2) is 13.6 Å². The minimum Gasteiger partial charge on any atom is -0.479 e. The van der Waals surface area contributed by atoms with Crippen molar-refractivity contribution in [1.82, 2.24) is 5.32 Å². The summed E-state index contributed by atoms with van der Waals surface area (Å²) in [6.45, 7) is -0.845. The smallest absolute Gasteiger partial charge is 0.333 e. The molecule has 1 aliphatic heterocycles. The Hall–Kier alpha value is -1.24. The van der Waals surface area contributed by atoms with Crippen LogP contribution in [0.4, 0.5) is 8.78 Å². The Bertz CT molecular complexity index is 253. The molecule has 1 saturated heterocycles. The number of nitrogens with one attached hydrogen (secondary N) is 1. The van der Waals surface area contributed by atoms with Gasteiger partial charge in [0.05, 0.1) is 13.0 Å². The van der Waals surface area contributed by atoms with Crippen LogP contribution in [0.25, 0.3) is 0 Å². The number of carbonyl (C=O) groups is 2. The molecule has 1 aliphatic rings. The topological polar surface area (TPSA) is 92.4 Å². The number of carboxylic acids is 1. The molecular weight excluding hydrogens is 186 g/mol. The molecule has 1 atom stereocenters. The Morgan fingerprint density at radius 3 is 2.15 bits per heavy atom. The van der Waals surface area contributed by atoms with Crippen molar-refractivity contribution < 1.29 is 23.5 Å². The minimum atomic E-state index is -3.20. The lowest BCUT2D eigenvalue weighted by Gasteiger charge is -2.19. The molecule has 0 radical (unpaired) electrons. The highest BCUT2D eigenvalue weighted by Gasteiger charge is 2.58. The number of aliphatic carboxylic acids is 1. The maximum absolute atomic E-state index is 12.6. The predicted molar refractivity (Wildman–Crippen MR) is 37.1 cm³/mol. The van der Waals surface area contributed by atoms with Crippen LogP contribution in [0.2, 0.25) is 0 Å². The van der Waals surface area contributed by atoms with Crippen molar-refractivity contribution >= 4 is 11.9 Å². The summed E-state index contributed by atoms with van der Waals surface area (Å²) in [7, 11) is 0. The number of hydrogen-bond donors (Lipinski definition) is 3. The van der Waals surface area contributed by atoms with E-state index in [9.17, 15) is 18.4 Å². The molecule has 74 valence electrons. The van der Waals surface area contributed by atoms with Crippen LogP contribution < -0.4 is 11.1 Å². The van der Waals surface area contributed by atoms with E-state index >= 15 is 0 Å². The third-order valence-corrected chi connectivity index (χ3v) is 1.96. The van der Waals surface area contributed by atoms with Gasteiger partial charge in [-0.1, -0.05) is 0 Å². The molecule has 0 aromatic rings. The van der Waals surface area contributed by atoms with E-state index in [0.29, 0.717) is 0 Å². The van der Waals surface area contributed by atoms with Crippen molar-refractivity contribution in [1.29, 1.82) is 0 Å². The lowest BCUT2D eigenvalue weighted by molar-refractivity contribution is -0.150. The largest absolute Gasteiger partial charge is 0.479 e. The second-order valence-corrected chi connectivity index (χ2v) is 2.96. The maximum Gasteiger partial charge on any atom is 0.333 e. The van der Waals surface area contributed by atoms with Crippen LogP contribution >= 0.6 is 0 Å². The summed E-state index contributed by atoms with van der Waals surface area (Å²) in [5.41, 5.74) is 2.42. The number of carbonyl (C=O) groups excluding carboxylic acids is 1. The van der Waals surface area contributed by atoms with Gasteiger partial charge in [-0.3, -0.25) is 10.1 Å².